The maximum absolute atomic E-state index is 11.4. The van der Waals surface area contributed by atoms with Crippen molar-refractivity contribution >= 4 is 29.3 Å². The van der Waals surface area contributed by atoms with Crippen LogP contribution in [-0.2, 0) is 9.53 Å². The van der Waals surface area contributed by atoms with Gasteiger partial charge in [0.15, 0.2) is 0 Å². The Hall–Kier alpha value is -0.860. The molecule has 90 valence electrons. The molecule has 16 heavy (non-hydrogen) atoms. The molecule has 0 aliphatic heterocycles. The number of carbonyl (C=O) groups excluding carboxylic acids is 1. The summed E-state index contributed by atoms with van der Waals surface area (Å²) in [7, 11) is 0. The summed E-state index contributed by atoms with van der Waals surface area (Å²) in [5.41, 5.74) is 6.14. The van der Waals surface area contributed by atoms with Crippen LogP contribution in [0.25, 0.3) is 0 Å². The second-order valence-electron chi connectivity index (χ2n) is 2.91. The van der Waals surface area contributed by atoms with Crippen LogP contribution in [0.2, 0.25) is 0 Å². The summed E-state index contributed by atoms with van der Waals surface area (Å²) in [6.45, 7) is 1.97. The van der Waals surface area contributed by atoms with E-state index in [1.54, 1.807) is 6.92 Å². The Morgan fingerprint density at radius 1 is 1.56 bits per heavy atom. The van der Waals surface area contributed by atoms with Crippen molar-refractivity contribution in [1.82, 2.24) is 0 Å². The maximum Gasteiger partial charge on any atom is 0.347 e. The lowest BCUT2D eigenvalue weighted by Gasteiger charge is -2.07. The van der Waals surface area contributed by atoms with Gasteiger partial charge in [-0.2, -0.15) is 5.26 Å². The first kappa shape index (κ1) is 15.1. The molecule has 6 heteroatoms. The molecule has 0 radical (unpaired) electrons. The van der Waals surface area contributed by atoms with Gasteiger partial charge >= 0.3 is 5.97 Å². The number of hydrogen-bond acceptors (Lipinski definition) is 5. The minimum atomic E-state index is -0.530. The number of carbonyl (C=O) groups is 1. The summed E-state index contributed by atoms with van der Waals surface area (Å²) in [5, 5.41) is 10.4. The van der Waals surface area contributed by atoms with Crippen LogP contribution in [0, 0.1) is 10.7 Å². The molecule has 0 aromatic heterocycles. The topological polar surface area (TPSA) is 76.1 Å². The molecule has 0 aliphatic rings. The molecule has 0 saturated carbocycles. The Balaban J connectivity index is 4.52. The number of rotatable bonds is 7. The van der Waals surface area contributed by atoms with E-state index >= 15 is 0 Å². The normalized spacial score (nSPS) is 11.6. The van der Waals surface area contributed by atoms with Crippen molar-refractivity contribution in [3.8, 4) is 5.40 Å². The van der Waals surface area contributed by atoms with Crippen LogP contribution < -0.4 is 5.73 Å². The lowest BCUT2D eigenvalue weighted by molar-refractivity contribution is -0.137. The third-order valence-corrected chi connectivity index (χ3v) is 2.72. The highest BCUT2D eigenvalue weighted by atomic mass is 35.5. The van der Waals surface area contributed by atoms with Crippen LogP contribution in [-0.4, -0.2) is 18.5 Å². The maximum atomic E-state index is 11.4. The molecule has 0 bridgehead atoms. The quantitative estimate of drug-likeness (QED) is 0.251. The number of alkyl halides is 1. The molecule has 0 saturated heterocycles. The number of nitrogens with zero attached hydrogens (tertiary/aromatic N) is 1. The van der Waals surface area contributed by atoms with Gasteiger partial charge in [0.05, 0.1) is 6.61 Å². The fourth-order valence-electron chi connectivity index (χ4n) is 1.00. The van der Waals surface area contributed by atoms with E-state index in [0.717, 1.165) is 24.6 Å². The summed E-state index contributed by atoms with van der Waals surface area (Å²) < 4.78 is 4.81. The Morgan fingerprint density at radius 3 is 2.75 bits per heavy atom. The Bertz CT molecular complexity index is 300. The van der Waals surface area contributed by atoms with Crippen LogP contribution in [0.4, 0.5) is 0 Å². The van der Waals surface area contributed by atoms with Crippen LogP contribution in [0.15, 0.2) is 10.6 Å². The van der Waals surface area contributed by atoms with Crippen LogP contribution in [0.5, 0.6) is 0 Å². The van der Waals surface area contributed by atoms with E-state index in [0.29, 0.717) is 18.0 Å². The van der Waals surface area contributed by atoms with Gasteiger partial charge in [0.2, 0.25) is 0 Å². The van der Waals surface area contributed by atoms with E-state index in [2.05, 4.69) is 0 Å². The molecule has 0 aromatic rings. The number of nitriles is 1. The highest BCUT2D eigenvalue weighted by molar-refractivity contribution is 8.08. The molecule has 4 nitrogen and oxygen atoms in total. The summed E-state index contributed by atoms with van der Waals surface area (Å²) in [5.74, 6) is 0.0327. The molecule has 0 fully saturated rings. The van der Waals surface area contributed by atoms with E-state index in [9.17, 15) is 4.79 Å². The lowest BCUT2D eigenvalue weighted by Crippen LogP contribution is -2.12. The number of allylic oxidation sites excluding steroid dienone is 1. The van der Waals surface area contributed by atoms with Gasteiger partial charge in [-0.05, 0) is 37.9 Å². The van der Waals surface area contributed by atoms with Gasteiger partial charge in [-0.3, -0.25) is 0 Å². The van der Waals surface area contributed by atoms with Gasteiger partial charge in [0, 0.05) is 11.6 Å². The monoisotopic (exact) mass is 262 g/mol. The van der Waals surface area contributed by atoms with Gasteiger partial charge in [0.25, 0.3) is 0 Å². The van der Waals surface area contributed by atoms with Crippen molar-refractivity contribution in [1.29, 1.82) is 5.26 Å². The highest BCUT2D eigenvalue weighted by Crippen LogP contribution is 2.21. The molecule has 0 heterocycles. The number of unbranched alkanes of at least 4 members (excludes halogenated alkanes) is 1. The van der Waals surface area contributed by atoms with Crippen LogP contribution in [0.1, 0.15) is 26.2 Å². The third-order valence-electron chi connectivity index (χ3n) is 1.73. The molecule has 0 amide bonds. The second-order valence-corrected chi connectivity index (χ2v) is 4.09. The first-order valence-electron chi connectivity index (χ1n) is 4.95. The Morgan fingerprint density at radius 2 is 2.25 bits per heavy atom. The van der Waals surface area contributed by atoms with Crippen molar-refractivity contribution in [3.05, 3.63) is 10.6 Å². The van der Waals surface area contributed by atoms with Crippen LogP contribution in [0.3, 0.4) is 0 Å². The molecule has 0 rings (SSSR count). The van der Waals surface area contributed by atoms with Crippen molar-refractivity contribution in [2.24, 2.45) is 5.73 Å². The zero-order chi connectivity index (χ0) is 12.4. The fourth-order valence-corrected chi connectivity index (χ4v) is 1.66. The summed E-state index contributed by atoms with van der Waals surface area (Å²) in [6.07, 6.45) is 2.18. The van der Waals surface area contributed by atoms with Gasteiger partial charge in [-0.1, -0.05) is 0 Å². The Labute approximate surface area is 105 Å². The molecular weight excluding hydrogens is 248 g/mol. The molecule has 0 aliphatic carbocycles. The zero-order valence-corrected chi connectivity index (χ0v) is 10.7. The summed E-state index contributed by atoms with van der Waals surface area (Å²) >= 11 is 6.28. The van der Waals surface area contributed by atoms with E-state index in [4.69, 9.17) is 27.3 Å². The van der Waals surface area contributed by atoms with Crippen LogP contribution >= 0.6 is 23.4 Å². The summed E-state index contributed by atoms with van der Waals surface area (Å²) in [4.78, 5) is 11.6. The molecule has 0 unspecified atom stereocenters. The minimum Gasteiger partial charge on any atom is -0.462 e. The molecule has 0 aromatic carbocycles. The van der Waals surface area contributed by atoms with Gasteiger partial charge in [0.1, 0.15) is 10.3 Å². The number of thioether (sulfide) groups is 1. The standard InChI is InChI=1S/C10H15ClN2O2S/c1-2-15-10(14)9(16-7-12)8(13)5-3-4-6-11/h2-6,13H2,1H3/b9-8+. The van der Waals surface area contributed by atoms with E-state index in [-0.39, 0.29) is 11.5 Å². The zero-order valence-electron chi connectivity index (χ0n) is 9.16. The molecular formula is C10H15ClN2O2S. The summed E-state index contributed by atoms with van der Waals surface area (Å²) in [6, 6.07) is 0. The largest absolute Gasteiger partial charge is 0.462 e. The Kier molecular flexibility index (Phi) is 8.87. The third kappa shape index (κ3) is 5.89. The minimum absolute atomic E-state index is 0.193. The number of hydrogen-bond donors (Lipinski definition) is 1. The average Bonchev–Trinajstić information content (AvgIpc) is 2.26. The second kappa shape index (κ2) is 9.37. The van der Waals surface area contributed by atoms with Crippen molar-refractivity contribution in [2.75, 3.05) is 12.5 Å². The van der Waals surface area contributed by atoms with Gasteiger partial charge in [-0.15, -0.1) is 11.6 Å². The van der Waals surface area contributed by atoms with E-state index in [1.165, 1.54) is 0 Å². The molecule has 0 spiro atoms. The lowest BCUT2D eigenvalue weighted by atomic mass is 10.2. The average molecular weight is 263 g/mol. The predicted molar refractivity (Wildman–Crippen MR) is 65.6 cm³/mol. The van der Waals surface area contributed by atoms with E-state index in [1.807, 2.05) is 5.40 Å². The number of ether oxygens (including phenoxy) is 1. The van der Waals surface area contributed by atoms with Crippen molar-refractivity contribution in [3.63, 3.8) is 0 Å². The number of esters is 1. The predicted octanol–water partition coefficient (Wildman–Crippen LogP) is 2.34. The SMILES string of the molecule is CCOC(=O)/C(SC#N)=C(\N)CCCCCl. The fraction of sp³-hybridized carbons (Fsp3) is 0.600. The first-order valence-corrected chi connectivity index (χ1v) is 6.30. The van der Waals surface area contributed by atoms with Gasteiger partial charge in [-0.25, -0.2) is 4.79 Å². The number of nitrogens with two attached hydrogens (primary N) is 1. The highest BCUT2D eigenvalue weighted by Gasteiger charge is 2.15. The number of thiocyanates is 1. The van der Waals surface area contributed by atoms with E-state index < -0.39 is 5.97 Å². The first-order chi connectivity index (χ1) is 7.67. The van der Waals surface area contributed by atoms with Gasteiger partial charge < -0.3 is 10.5 Å². The smallest absolute Gasteiger partial charge is 0.347 e. The molecule has 0 atom stereocenters. The van der Waals surface area contributed by atoms with Crippen molar-refractivity contribution in [2.45, 2.75) is 26.2 Å². The van der Waals surface area contributed by atoms with Crippen molar-refractivity contribution < 1.29 is 9.53 Å². The molecule has 2 N–H and O–H groups in total. The number of halogens is 1.